The van der Waals surface area contributed by atoms with Crippen LogP contribution in [-0.2, 0) is 4.79 Å². The molecule has 0 saturated carbocycles. The number of amides is 1. The third-order valence-corrected chi connectivity index (χ3v) is 5.90. The Morgan fingerprint density at radius 3 is 2.89 bits per heavy atom. The van der Waals surface area contributed by atoms with Gasteiger partial charge in [0.15, 0.2) is 0 Å². The first-order valence-electron chi connectivity index (χ1n) is 7.74. The lowest BCUT2D eigenvalue weighted by molar-refractivity contribution is -0.925. The van der Waals surface area contributed by atoms with Crippen molar-refractivity contribution >= 4 is 5.91 Å². The van der Waals surface area contributed by atoms with Gasteiger partial charge in [0.2, 0.25) is 5.91 Å². The molecule has 0 aromatic heterocycles. The van der Waals surface area contributed by atoms with Crippen LogP contribution in [0.2, 0.25) is 0 Å². The monoisotopic (exact) mass is 262 g/mol. The van der Waals surface area contributed by atoms with Crippen molar-refractivity contribution in [2.24, 2.45) is 11.8 Å². The molecule has 0 N–H and O–H groups in total. The Morgan fingerprint density at radius 1 is 1.26 bits per heavy atom. The Bertz CT molecular complexity index is 432. The van der Waals surface area contributed by atoms with Crippen molar-refractivity contribution < 1.29 is 9.44 Å². The van der Waals surface area contributed by atoms with Crippen LogP contribution >= 0.6 is 0 Å². The maximum absolute atomic E-state index is 13.1. The smallest absolute Gasteiger partial charge is 0.246 e. The van der Waals surface area contributed by atoms with Crippen LogP contribution in [-0.4, -0.2) is 47.2 Å². The highest BCUT2D eigenvalue weighted by Gasteiger charge is 2.54. The molecule has 4 heterocycles. The minimum atomic E-state index is 0.0532. The van der Waals surface area contributed by atoms with E-state index in [4.69, 9.17) is 0 Å². The summed E-state index contributed by atoms with van der Waals surface area (Å²) in [6.07, 6.45) is 9.07. The van der Waals surface area contributed by atoms with E-state index in [1.807, 2.05) is 6.08 Å². The predicted molar refractivity (Wildman–Crippen MR) is 71.9 cm³/mol. The number of nitrogens with zero attached hydrogens (tertiary/aromatic N) is 2. The fourth-order valence-electron chi connectivity index (χ4n) is 5.25. The van der Waals surface area contributed by atoms with E-state index in [1.54, 1.807) is 6.08 Å². The molecule has 104 valence electrons. The minimum Gasteiger partial charge on any atom is -0.633 e. The van der Waals surface area contributed by atoms with Crippen molar-refractivity contribution in [3.63, 3.8) is 0 Å². The molecule has 4 rings (SSSR count). The van der Waals surface area contributed by atoms with Gasteiger partial charge < -0.3 is 14.8 Å². The fraction of sp³-hybridized carbons (Fsp3) is 0.800. The zero-order valence-corrected chi connectivity index (χ0v) is 11.3. The summed E-state index contributed by atoms with van der Waals surface area (Å²) in [7, 11) is 0. The molecule has 1 amide bonds. The summed E-state index contributed by atoms with van der Waals surface area (Å²) in [5.41, 5.74) is 0. The molecule has 3 fully saturated rings. The zero-order chi connectivity index (χ0) is 13.0. The van der Waals surface area contributed by atoms with Crippen molar-refractivity contribution in [3.8, 4) is 0 Å². The normalized spacial score (nSPS) is 48.7. The Balaban J connectivity index is 1.72. The summed E-state index contributed by atoms with van der Waals surface area (Å²) in [5.74, 6) is 1.07. The summed E-state index contributed by atoms with van der Waals surface area (Å²) in [6.45, 7) is 2.46. The predicted octanol–water partition coefficient (Wildman–Crippen LogP) is 1.66. The number of piperidine rings is 3. The average molecular weight is 262 g/mol. The average Bonchev–Trinajstić information content (AvgIpc) is 2.40. The molecule has 0 radical (unpaired) electrons. The van der Waals surface area contributed by atoms with E-state index < -0.39 is 0 Å². The molecule has 0 aromatic rings. The standard InChI is InChI=1S/C15H22N2O2/c18-14-7-1-6-13-12-5-3-9-17(19)8-2-4-11(15(12)17)10-16(13)14/h1,7,11-13,15H,2-6,8-10H2/t11-,12-,13-,15-,17-/m1/s1. The van der Waals surface area contributed by atoms with Gasteiger partial charge in [-0.1, -0.05) is 6.08 Å². The maximum Gasteiger partial charge on any atom is 0.246 e. The van der Waals surface area contributed by atoms with Crippen molar-refractivity contribution in [2.45, 2.75) is 44.2 Å². The number of carbonyl (C=O) groups is 1. The van der Waals surface area contributed by atoms with Gasteiger partial charge in [-0.25, -0.2) is 0 Å². The van der Waals surface area contributed by atoms with Crippen LogP contribution in [0.5, 0.6) is 0 Å². The molecule has 4 aliphatic rings. The zero-order valence-electron chi connectivity index (χ0n) is 11.3. The molecule has 4 nitrogen and oxygen atoms in total. The van der Waals surface area contributed by atoms with E-state index in [1.165, 1.54) is 0 Å². The van der Waals surface area contributed by atoms with Gasteiger partial charge in [-0.15, -0.1) is 0 Å². The molecule has 3 saturated heterocycles. The SMILES string of the molecule is O=C1C=CC[C@@H]2[C@H]3CCC[N@+]4([O-])CCC[C@H](CN12)[C@H]34. The van der Waals surface area contributed by atoms with Crippen LogP contribution in [0.15, 0.2) is 12.2 Å². The van der Waals surface area contributed by atoms with Crippen LogP contribution < -0.4 is 0 Å². The Morgan fingerprint density at radius 2 is 2.05 bits per heavy atom. The van der Waals surface area contributed by atoms with Gasteiger partial charge >= 0.3 is 0 Å². The molecule has 5 atom stereocenters. The first-order valence-corrected chi connectivity index (χ1v) is 7.74. The number of quaternary nitrogens is 1. The van der Waals surface area contributed by atoms with E-state index in [2.05, 4.69) is 4.90 Å². The second-order valence-electron chi connectivity index (χ2n) is 6.79. The van der Waals surface area contributed by atoms with Crippen molar-refractivity contribution in [2.75, 3.05) is 19.6 Å². The number of fused-ring (bicyclic) bond motifs is 2. The van der Waals surface area contributed by atoms with Gasteiger partial charge in [-0.2, -0.15) is 0 Å². The first kappa shape index (κ1) is 11.9. The van der Waals surface area contributed by atoms with Crippen molar-refractivity contribution in [3.05, 3.63) is 17.4 Å². The molecule has 0 spiro atoms. The molecule has 19 heavy (non-hydrogen) atoms. The van der Waals surface area contributed by atoms with Crippen LogP contribution in [0.1, 0.15) is 32.1 Å². The van der Waals surface area contributed by atoms with Crippen molar-refractivity contribution in [1.82, 2.24) is 4.90 Å². The fourth-order valence-corrected chi connectivity index (χ4v) is 5.25. The van der Waals surface area contributed by atoms with E-state index >= 15 is 0 Å². The Labute approximate surface area is 114 Å². The molecule has 4 heteroatoms. The third-order valence-electron chi connectivity index (χ3n) is 5.90. The molecule has 0 bridgehead atoms. The molecular formula is C15H22N2O2. The summed E-state index contributed by atoms with van der Waals surface area (Å²) >= 11 is 0. The number of carbonyl (C=O) groups excluding carboxylic acids is 1. The number of hydrogen-bond donors (Lipinski definition) is 0. The maximum atomic E-state index is 13.1. The lowest BCUT2D eigenvalue weighted by Gasteiger charge is -2.64. The Kier molecular flexibility index (Phi) is 2.55. The van der Waals surface area contributed by atoms with E-state index in [-0.39, 0.29) is 16.6 Å². The van der Waals surface area contributed by atoms with Crippen LogP contribution in [0.4, 0.5) is 0 Å². The molecule has 0 aromatic carbocycles. The van der Waals surface area contributed by atoms with Crippen molar-refractivity contribution in [1.29, 1.82) is 0 Å². The van der Waals surface area contributed by atoms with Gasteiger partial charge in [0.05, 0.1) is 19.1 Å². The second kappa shape index (κ2) is 4.06. The first-order chi connectivity index (χ1) is 9.19. The topological polar surface area (TPSA) is 43.4 Å². The highest BCUT2D eigenvalue weighted by Crippen LogP contribution is 2.47. The highest BCUT2D eigenvalue weighted by atomic mass is 16.5. The van der Waals surface area contributed by atoms with E-state index in [9.17, 15) is 10.0 Å². The number of hydroxylamine groups is 3. The van der Waals surface area contributed by atoms with Gasteiger partial charge in [-0.3, -0.25) is 4.79 Å². The summed E-state index contributed by atoms with van der Waals surface area (Å²) < 4.78 is 0.0532. The molecule has 4 aliphatic heterocycles. The lowest BCUT2D eigenvalue weighted by Crippen LogP contribution is -2.71. The van der Waals surface area contributed by atoms with Crippen LogP contribution in [0.3, 0.4) is 0 Å². The highest BCUT2D eigenvalue weighted by molar-refractivity contribution is 5.88. The number of rotatable bonds is 0. The number of hydrogen-bond acceptors (Lipinski definition) is 2. The third kappa shape index (κ3) is 1.62. The van der Waals surface area contributed by atoms with Crippen LogP contribution in [0, 0.1) is 17.0 Å². The summed E-state index contributed by atoms with van der Waals surface area (Å²) in [6, 6.07) is 0.589. The molecule has 0 aliphatic carbocycles. The summed E-state index contributed by atoms with van der Waals surface area (Å²) in [5, 5.41) is 13.1. The van der Waals surface area contributed by atoms with Gasteiger partial charge in [0, 0.05) is 24.4 Å². The molecule has 0 unspecified atom stereocenters. The van der Waals surface area contributed by atoms with Gasteiger partial charge in [0.1, 0.15) is 0 Å². The Hall–Kier alpha value is -0.870. The van der Waals surface area contributed by atoms with Gasteiger partial charge in [-0.05, 0) is 38.2 Å². The largest absolute Gasteiger partial charge is 0.633 e. The summed E-state index contributed by atoms with van der Waals surface area (Å²) in [4.78, 5) is 14.2. The van der Waals surface area contributed by atoms with E-state index in [0.717, 1.165) is 51.7 Å². The molecular weight excluding hydrogens is 240 g/mol. The van der Waals surface area contributed by atoms with Crippen LogP contribution in [0.25, 0.3) is 0 Å². The minimum absolute atomic E-state index is 0.0532. The lowest BCUT2D eigenvalue weighted by atomic mass is 9.68. The quantitative estimate of drug-likeness (QED) is 0.492. The van der Waals surface area contributed by atoms with E-state index in [0.29, 0.717) is 17.9 Å². The second-order valence-corrected chi connectivity index (χ2v) is 6.79. The van der Waals surface area contributed by atoms with Gasteiger partial charge in [0.25, 0.3) is 0 Å².